The number of hydrogen-bond acceptors (Lipinski definition) is 0. The molecule has 4 heteroatoms. The Morgan fingerprint density at radius 3 is 1.59 bits per heavy atom. The maximum absolute atomic E-state index is 13.5. The van der Waals surface area contributed by atoms with Crippen LogP contribution < -0.4 is 0 Å². The zero-order valence-corrected chi connectivity index (χ0v) is 15.5. The SMILES string of the molecule is FC(F)(F)c1cc(C#Cc2ccccc2)c(Br)cc1C#Cc1ccccc1. The van der Waals surface area contributed by atoms with Crippen LogP contribution in [0.2, 0.25) is 0 Å². The summed E-state index contributed by atoms with van der Waals surface area (Å²) in [5.74, 6) is 11.1. The molecule has 27 heavy (non-hydrogen) atoms. The van der Waals surface area contributed by atoms with Gasteiger partial charge in [0.2, 0.25) is 0 Å². The molecule has 0 heterocycles. The Labute approximate surface area is 164 Å². The highest BCUT2D eigenvalue weighted by Gasteiger charge is 2.33. The average Bonchev–Trinajstić information content (AvgIpc) is 2.66. The van der Waals surface area contributed by atoms with E-state index in [2.05, 4.69) is 39.6 Å². The highest BCUT2D eigenvalue weighted by molar-refractivity contribution is 9.10. The molecule has 0 aromatic heterocycles. The first-order valence-corrected chi connectivity index (χ1v) is 8.77. The van der Waals surface area contributed by atoms with Crippen molar-refractivity contribution in [1.82, 2.24) is 0 Å². The maximum Gasteiger partial charge on any atom is 0.417 e. The predicted octanol–water partition coefficient (Wildman–Crippen LogP) is 6.27. The average molecular weight is 425 g/mol. The van der Waals surface area contributed by atoms with Gasteiger partial charge in [-0.3, -0.25) is 0 Å². The van der Waals surface area contributed by atoms with Crippen LogP contribution in [-0.2, 0) is 6.18 Å². The van der Waals surface area contributed by atoms with Crippen LogP contribution in [0.4, 0.5) is 13.2 Å². The Hall–Kier alpha value is -2.95. The number of alkyl halides is 3. The lowest BCUT2D eigenvalue weighted by molar-refractivity contribution is -0.137. The molecule has 0 bridgehead atoms. The summed E-state index contributed by atoms with van der Waals surface area (Å²) >= 11 is 3.31. The summed E-state index contributed by atoms with van der Waals surface area (Å²) in [6.07, 6.45) is -4.52. The van der Waals surface area contributed by atoms with Gasteiger partial charge in [-0.05, 0) is 52.3 Å². The lowest BCUT2D eigenvalue weighted by Crippen LogP contribution is -2.08. The molecule has 0 amide bonds. The first kappa shape index (κ1) is 18.8. The Kier molecular flexibility index (Phi) is 5.69. The zero-order chi connectivity index (χ0) is 19.3. The standard InChI is InChI=1S/C23H12BrF3/c24-22-16-19(13-11-17-7-3-1-4-8-17)21(23(25,26)27)15-20(22)14-12-18-9-5-2-6-10-18/h1-10,15-16H. The van der Waals surface area contributed by atoms with Crippen LogP contribution in [0.3, 0.4) is 0 Å². The molecule has 0 fully saturated rings. The van der Waals surface area contributed by atoms with Crippen LogP contribution >= 0.6 is 15.9 Å². The van der Waals surface area contributed by atoms with Crippen LogP contribution in [0.1, 0.15) is 27.8 Å². The van der Waals surface area contributed by atoms with Crippen molar-refractivity contribution in [1.29, 1.82) is 0 Å². The smallest absolute Gasteiger partial charge is 0.166 e. The Morgan fingerprint density at radius 2 is 1.11 bits per heavy atom. The van der Waals surface area contributed by atoms with E-state index < -0.39 is 11.7 Å². The quantitative estimate of drug-likeness (QED) is 0.373. The van der Waals surface area contributed by atoms with Gasteiger partial charge in [0.1, 0.15) is 0 Å². The van der Waals surface area contributed by atoms with E-state index in [1.54, 1.807) is 36.4 Å². The fourth-order valence-corrected chi connectivity index (χ4v) is 2.77. The van der Waals surface area contributed by atoms with Gasteiger partial charge in [-0.25, -0.2) is 0 Å². The van der Waals surface area contributed by atoms with Crippen molar-refractivity contribution in [2.24, 2.45) is 0 Å². The van der Waals surface area contributed by atoms with Crippen molar-refractivity contribution in [3.63, 3.8) is 0 Å². The van der Waals surface area contributed by atoms with E-state index in [1.165, 1.54) is 6.07 Å². The molecule has 0 saturated carbocycles. The number of hydrogen-bond donors (Lipinski definition) is 0. The zero-order valence-electron chi connectivity index (χ0n) is 13.9. The second-order valence-electron chi connectivity index (χ2n) is 5.61. The van der Waals surface area contributed by atoms with Gasteiger partial charge in [0.15, 0.2) is 0 Å². The van der Waals surface area contributed by atoms with Gasteiger partial charge in [-0.15, -0.1) is 0 Å². The van der Waals surface area contributed by atoms with Crippen LogP contribution in [0.25, 0.3) is 0 Å². The van der Waals surface area contributed by atoms with Gasteiger partial charge in [0.25, 0.3) is 0 Å². The normalized spacial score (nSPS) is 10.4. The first-order chi connectivity index (χ1) is 12.9. The first-order valence-electron chi connectivity index (χ1n) is 7.98. The minimum atomic E-state index is -4.52. The fourth-order valence-electron chi connectivity index (χ4n) is 2.33. The van der Waals surface area contributed by atoms with Crippen molar-refractivity contribution in [2.45, 2.75) is 6.18 Å². The van der Waals surface area contributed by atoms with Gasteiger partial charge in [0.05, 0.1) is 5.56 Å². The summed E-state index contributed by atoms with van der Waals surface area (Å²) in [5.41, 5.74) is 0.743. The Bertz CT molecular complexity index is 1060. The van der Waals surface area contributed by atoms with Crippen molar-refractivity contribution in [3.05, 3.63) is 105 Å². The highest BCUT2D eigenvalue weighted by Crippen LogP contribution is 2.34. The van der Waals surface area contributed by atoms with Crippen LogP contribution in [-0.4, -0.2) is 0 Å². The second kappa shape index (κ2) is 8.16. The summed E-state index contributed by atoms with van der Waals surface area (Å²) in [6, 6.07) is 20.4. The predicted molar refractivity (Wildman–Crippen MR) is 104 cm³/mol. The molecule has 0 unspecified atom stereocenters. The molecule has 3 aromatic carbocycles. The van der Waals surface area contributed by atoms with Crippen molar-refractivity contribution in [3.8, 4) is 23.7 Å². The van der Waals surface area contributed by atoms with Gasteiger partial charge in [-0.2, -0.15) is 13.2 Å². The molecule has 0 aliphatic carbocycles. The molecule has 0 nitrogen and oxygen atoms in total. The van der Waals surface area contributed by atoms with Crippen molar-refractivity contribution in [2.75, 3.05) is 0 Å². The minimum absolute atomic E-state index is 0.0940. The molecule has 0 saturated heterocycles. The van der Waals surface area contributed by atoms with Gasteiger partial charge >= 0.3 is 6.18 Å². The Balaban J connectivity index is 2.05. The largest absolute Gasteiger partial charge is 0.417 e. The lowest BCUT2D eigenvalue weighted by atomic mass is 10.0. The number of halogens is 4. The molecule has 0 atom stereocenters. The van der Waals surface area contributed by atoms with E-state index in [-0.39, 0.29) is 11.1 Å². The molecule has 3 aromatic rings. The second-order valence-corrected chi connectivity index (χ2v) is 6.46. The Morgan fingerprint density at radius 1 is 0.630 bits per heavy atom. The van der Waals surface area contributed by atoms with E-state index >= 15 is 0 Å². The third-order valence-corrected chi connectivity index (χ3v) is 4.30. The molecular weight excluding hydrogens is 413 g/mol. The lowest BCUT2D eigenvalue weighted by Gasteiger charge is -2.11. The summed E-state index contributed by atoms with van der Waals surface area (Å²) in [7, 11) is 0. The summed E-state index contributed by atoms with van der Waals surface area (Å²) in [6.45, 7) is 0. The van der Waals surface area contributed by atoms with E-state index in [1.807, 2.05) is 24.3 Å². The van der Waals surface area contributed by atoms with Gasteiger partial charge < -0.3 is 0 Å². The van der Waals surface area contributed by atoms with E-state index in [0.717, 1.165) is 11.6 Å². The summed E-state index contributed by atoms with van der Waals surface area (Å²) < 4.78 is 41.0. The number of rotatable bonds is 0. The van der Waals surface area contributed by atoms with Crippen molar-refractivity contribution >= 4 is 15.9 Å². The third-order valence-electron chi connectivity index (χ3n) is 3.64. The topological polar surface area (TPSA) is 0 Å². The fraction of sp³-hybridized carbons (Fsp3) is 0.0435. The molecule has 0 aliphatic rings. The third kappa shape index (κ3) is 5.03. The molecule has 0 spiro atoms. The number of benzene rings is 3. The van der Waals surface area contributed by atoms with Gasteiger partial charge in [0, 0.05) is 26.7 Å². The molecule has 0 N–H and O–H groups in total. The molecule has 0 radical (unpaired) electrons. The van der Waals surface area contributed by atoms with E-state index in [4.69, 9.17) is 0 Å². The monoisotopic (exact) mass is 424 g/mol. The summed E-state index contributed by atoms with van der Waals surface area (Å²) in [4.78, 5) is 0. The molecule has 0 aliphatic heterocycles. The van der Waals surface area contributed by atoms with E-state index in [0.29, 0.717) is 10.0 Å². The van der Waals surface area contributed by atoms with Crippen molar-refractivity contribution < 1.29 is 13.2 Å². The molecule has 132 valence electrons. The minimum Gasteiger partial charge on any atom is -0.166 e. The van der Waals surface area contributed by atoms with Crippen LogP contribution in [0, 0.1) is 23.7 Å². The van der Waals surface area contributed by atoms with Crippen LogP contribution in [0.5, 0.6) is 0 Å². The molecular formula is C23H12BrF3. The van der Waals surface area contributed by atoms with Gasteiger partial charge in [-0.1, -0.05) is 60.1 Å². The maximum atomic E-state index is 13.5. The van der Waals surface area contributed by atoms with Crippen LogP contribution in [0.15, 0.2) is 77.3 Å². The summed E-state index contributed by atoms with van der Waals surface area (Å²) in [5, 5.41) is 0. The highest BCUT2D eigenvalue weighted by atomic mass is 79.9. The molecule has 3 rings (SSSR count). The van der Waals surface area contributed by atoms with E-state index in [9.17, 15) is 13.2 Å².